The van der Waals surface area contributed by atoms with Crippen LogP contribution in [0.5, 0.6) is 0 Å². The molecule has 0 aliphatic heterocycles. The lowest BCUT2D eigenvalue weighted by Gasteiger charge is -2.15. The van der Waals surface area contributed by atoms with Crippen molar-refractivity contribution in [3.8, 4) is 0 Å². The number of nitrogens with zero attached hydrogens (tertiary/aromatic N) is 2. The van der Waals surface area contributed by atoms with Gasteiger partial charge in [0.15, 0.2) is 0 Å². The standard InChI is InChI=1S/C14H25N3/c1-9(2)8-12-13(16-17(4)14(12)15)11-7-5-6-10(11)3/h9-11H,5-8,15H2,1-4H3. The Morgan fingerprint density at radius 2 is 2.12 bits per heavy atom. The van der Waals surface area contributed by atoms with Crippen LogP contribution in [0.3, 0.4) is 0 Å². The van der Waals surface area contributed by atoms with Crippen molar-refractivity contribution in [3.63, 3.8) is 0 Å². The minimum absolute atomic E-state index is 0.632. The Bertz CT molecular complexity index is 392. The molecule has 0 radical (unpaired) electrons. The highest BCUT2D eigenvalue weighted by molar-refractivity contribution is 5.45. The molecule has 1 saturated carbocycles. The van der Waals surface area contributed by atoms with E-state index in [-0.39, 0.29) is 0 Å². The van der Waals surface area contributed by atoms with Gasteiger partial charge in [-0.2, -0.15) is 5.10 Å². The van der Waals surface area contributed by atoms with Gasteiger partial charge in [0.2, 0.25) is 0 Å². The Morgan fingerprint density at radius 1 is 1.41 bits per heavy atom. The Balaban J connectivity index is 2.35. The molecule has 1 fully saturated rings. The van der Waals surface area contributed by atoms with E-state index in [1.54, 1.807) is 0 Å². The summed E-state index contributed by atoms with van der Waals surface area (Å²) in [5, 5.41) is 4.69. The SMILES string of the molecule is CC(C)Cc1c(C2CCCC2C)nn(C)c1N. The van der Waals surface area contributed by atoms with E-state index in [1.807, 2.05) is 11.7 Å². The van der Waals surface area contributed by atoms with Gasteiger partial charge < -0.3 is 5.73 Å². The normalized spacial score (nSPS) is 24.8. The van der Waals surface area contributed by atoms with E-state index in [9.17, 15) is 0 Å². The van der Waals surface area contributed by atoms with Gasteiger partial charge in [0.1, 0.15) is 5.82 Å². The fourth-order valence-corrected chi connectivity index (χ4v) is 3.07. The highest BCUT2D eigenvalue weighted by atomic mass is 15.3. The van der Waals surface area contributed by atoms with Crippen LogP contribution >= 0.6 is 0 Å². The molecule has 3 heteroatoms. The van der Waals surface area contributed by atoms with E-state index >= 15 is 0 Å². The fourth-order valence-electron chi connectivity index (χ4n) is 3.07. The highest BCUT2D eigenvalue weighted by Gasteiger charge is 2.30. The van der Waals surface area contributed by atoms with Crippen molar-refractivity contribution in [2.45, 2.75) is 52.4 Å². The Kier molecular flexibility index (Phi) is 3.45. The summed E-state index contributed by atoms with van der Waals surface area (Å²) in [4.78, 5) is 0. The van der Waals surface area contributed by atoms with Crippen molar-refractivity contribution >= 4 is 5.82 Å². The number of nitrogens with two attached hydrogens (primary N) is 1. The van der Waals surface area contributed by atoms with Crippen LogP contribution in [-0.4, -0.2) is 9.78 Å². The number of nitrogen functional groups attached to an aromatic ring is 1. The second-order valence-corrected chi connectivity index (χ2v) is 5.99. The molecule has 1 aliphatic carbocycles. The number of aryl methyl sites for hydroxylation is 1. The molecule has 0 aromatic carbocycles. The number of anilines is 1. The predicted octanol–water partition coefficient (Wildman–Crippen LogP) is 3.10. The third kappa shape index (κ3) is 2.33. The van der Waals surface area contributed by atoms with E-state index < -0.39 is 0 Å². The van der Waals surface area contributed by atoms with Crippen molar-refractivity contribution < 1.29 is 0 Å². The number of aromatic nitrogens is 2. The van der Waals surface area contributed by atoms with Crippen LogP contribution in [0.15, 0.2) is 0 Å². The van der Waals surface area contributed by atoms with Gasteiger partial charge in [-0.3, -0.25) is 4.68 Å². The topological polar surface area (TPSA) is 43.8 Å². The van der Waals surface area contributed by atoms with Gasteiger partial charge in [-0.15, -0.1) is 0 Å². The summed E-state index contributed by atoms with van der Waals surface area (Å²) in [7, 11) is 1.96. The Labute approximate surface area is 104 Å². The lowest BCUT2D eigenvalue weighted by atomic mass is 9.89. The zero-order chi connectivity index (χ0) is 12.6. The monoisotopic (exact) mass is 235 g/mol. The lowest BCUT2D eigenvalue weighted by molar-refractivity contribution is 0.509. The molecule has 0 saturated heterocycles. The second kappa shape index (κ2) is 4.71. The van der Waals surface area contributed by atoms with Gasteiger partial charge in [-0.25, -0.2) is 0 Å². The maximum absolute atomic E-state index is 6.17. The minimum atomic E-state index is 0.632. The van der Waals surface area contributed by atoms with Crippen molar-refractivity contribution in [2.75, 3.05) is 5.73 Å². The molecule has 1 heterocycles. The summed E-state index contributed by atoms with van der Waals surface area (Å²) in [6.45, 7) is 6.84. The molecular formula is C14H25N3. The van der Waals surface area contributed by atoms with E-state index in [2.05, 4.69) is 25.9 Å². The number of hydrogen-bond donors (Lipinski definition) is 1. The average Bonchev–Trinajstić information content (AvgIpc) is 2.77. The van der Waals surface area contributed by atoms with Crippen LogP contribution in [0, 0.1) is 11.8 Å². The van der Waals surface area contributed by atoms with Crippen LogP contribution < -0.4 is 5.73 Å². The molecule has 2 N–H and O–H groups in total. The molecule has 0 spiro atoms. The van der Waals surface area contributed by atoms with E-state index in [1.165, 1.54) is 30.5 Å². The van der Waals surface area contributed by atoms with Crippen LogP contribution in [-0.2, 0) is 13.5 Å². The number of hydrogen-bond acceptors (Lipinski definition) is 2. The van der Waals surface area contributed by atoms with Crippen LogP contribution in [0.4, 0.5) is 5.82 Å². The van der Waals surface area contributed by atoms with E-state index in [4.69, 9.17) is 5.73 Å². The third-order valence-electron chi connectivity index (χ3n) is 4.05. The molecule has 0 amide bonds. The molecule has 0 bridgehead atoms. The first kappa shape index (κ1) is 12.5. The second-order valence-electron chi connectivity index (χ2n) is 5.99. The molecule has 1 aromatic heterocycles. The minimum Gasteiger partial charge on any atom is -0.384 e. The quantitative estimate of drug-likeness (QED) is 0.875. The first-order valence-corrected chi connectivity index (χ1v) is 6.82. The van der Waals surface area contributed by atoms with Crippen molar-refractivity contribution in [1.29, 1.82) is 0 Å². The summed E-state index contributed by atoms with van der Waals surface area (Å²) in [6.07, 6.45) is 5.01. The van der Waals surface area contributed by atoms with Crippen molar-refractivity contribution in [1.82, 2.24) is 9.78 Å². The van der Waals surface area contributed by atoms with Gasteiger partial charge in [0.25, 0.3) is 0 Å². The maximum atomic E-state index is 6.17. The fraction of sp³-hybridized carbons (Fsp3) is 0.786. The van der Waals surface area contributed by atoms with Gasteiger partial charge in [0, 0.05) is 18.5 Å². The lowest BCUT2D eigenvalue weighted by Crippen LogP contribution is -2.08. The summed E-state index contributed by atoms with van der Waals surface area (Å²) >= 11 is 0. The molecule has 2 unspecified atom stereocenters. The van der Waals surface area contributed by atoms with Crippen molar-refractivity contribution in [3.05, 3.63) is 11.3 Å². The largest absolute Gasteiger partial charge is 0.384 e. The van der Waals surface area contributed by atoms with Crippen LogP contribution in [0.25, 0.3) is 0 Å². The molecule has 96 valence electrons. The number of rotatable bonds is 3. The maximum Gasteiger partial charge on any atom is 0.124 e. The molecule has 2 rings (SSSR count). The van der Waals surface area contributed by atoms with Gasteiger partial charge in [-0.1, -0.05) is 33.6 Å². The van der Waals surface area contributed by atoms with Crippen LogP contribution in [0.2, 0.25) is 0 Å². The first-order valence-electron chi connectivity index (χ1n) is 6.82. The average molecular weight is 235 g/mol. The van der Waals surface area contributed by atoms with E-state index in [0.717, 1.165) is 18.2 Å². The highest BCUT2D eigenvalue weighted by Crippen LogP contribution is 2.41. The molecular weight excluding hydrogens is 210 g/mol. The van der Waals surface area contributed by atoms with Gasteiger partial charge in [0.05, 0.1) is 5.69 Å². The van der Waals surface area contributed by atoms with Crippen molar-refractivity contribution in [2.24, 2.45) is 18.9 Å². The van der Waals surface area contributed by atoms with E-state index in [0.29, 0.717) is 11.8 Å². The summed E-state index contributed by atoms with van der Waals surface area (Å²) in [6, 6.07) is 0. The van der Waals surface area contributed by atoms with Gasteiger partial charge >= 0.3 is 0 Å². The summed E-state index contributed by atoms with van der Waals surface area (Å²) in [5.74, 6) is 2.90. The Morgan fingerprint density at radius 3 is 2.65 bits per heavy atom. The zero-order valence-electron chi connectivity index (χ0n) is 11.5. The first-order chi connectivity index (χ1) is 8.00. The predicted molar refractivity (Wildman–Crippen MR) is 71.9 cm³/mol. The molecule has 17 heavy (non-hydrogen) atoms. The third-order valence-corrected chi connectivity index (χ3v) is 4.05. The molecule has 1 aromatic rings. The molecule has 1 aliphatic rings. The van der Waals surface area contributed by atoms with Crippen LogP contribution in [0.1, 0.15) is 57.2 Å². The smallest absolute Gasteiger partial charge is 0.124 e. The molecule has 3 nitrogen and oxygen atoms in total. The van der Waals surface area contributed by atoms with Gasteiger partial charge in [-0.05, 0) is 24.7 Å². The summed E-state index contributed by atoms with van der Waals surface area (Å²) < 4.78 is 1.86. The molecule has 2 atom stereocenters. The Hall–Kier alpha value is -0.990. The summed E-state index contributed by atoms with van der Waals surface area (Å²) in [5.41, 5.74) is 8.75. The zero-order valence-corrected chi connectivity index (χ0v) is 11.5.